The molecule has 1 aromatic rings. The molecule has 176 valence electrons. The molecule has 2 aliphatic carbocycles. The van der Waals surface area contributed by atoms with E-state index in [1.807, 2.05) is 6.20 Å². The minimum Gasteiger partial charge on any atom is -0.417 e. The Morgan fingerprint density at radius 3 is 2.44 bits per heavy atom. The lowest BCUT2D eigenvalue weighted by Gasteiger charge is -2.42. The number of carbonyl (C=O) groups excluding carboxylic acids is 2. The maximum absolute atomic E-state index is 12.6. The van der Waals surface area contributed by atoms with Gasteiger partial charge in [-0.1, -0.05) is 47.0 Å². The maximum Gasteiger partial charge on any atom is 0.369 e. The highest BCUT2D eigenvalue weighted by molar-refractivity contribution is 7.15. The van der Waals surface area contributed by atoms with Crippen molar-refractivity contribution in [2.24, 2.45) is 28.8 Å². The van der Waals surface area contributed by atoms with Crippen LogP contribution >= 0.6 is 11.3 Å². The minimum atomic E-state index is -1.12. The highest BCUT2D eigenvalue weighted by Gasteiger charge is 2.50. The Hall–Kier alpha value is -1.96. The molecule has 2 saturated carbocycles. The first-order chi connectivity index (χ1) is 15.4. The SMILES string of the molecule is CCCC1C(C)C1c1cnc(NN=C2C(=O)OC3(CCC(C(CC)CC)CC3)OC2=O)s1. The number of thiazole rings is 1. The van der Waals surface area contributed by atoms with Crippen molar-refractivity contribution >= 4 is 34.1 Å². The van der Waals surface area contributed by atoms with Gasteiger partial charge in [-0.2, -0.15) is 5.10 Å². The summed E-state index contributed by atoms with van der Waals surface area (Å²) in [4.78, 5) is 30.8. The number of aromatic nitrogens is 1. The summed E-state index contributed by atoms with van der Waals surface area (Å²) in [5.74, 6) is 0.650. The van der Waals surface area contributed by atoms with Gasteiger partial charge >= 0.3 is 11.9 Å². The predicted octanol–water partition coefficient (Wildman–Crippen LogP) is 5.48. The number of hydrazone groups is 1. The van der Waals surface area contributed by atoms with Crippen molar-refractivity contribution in [3.63, 3.8) is 0 Å². The van der Waals surface area contributed by atoms with Crippen LogP contribution in [0.5, 0.6) is 0 Å². The zero-order valence-corrected chi connectivity index (χ0v) is 20.4. The Morgan fingerprint density at radius 1 is 1.19 bits per heavy atom. The fourth-order valence-electron chi connectivity index (χ4n) is 5.73. The quantitative estimate of drug-likeness (QED) is 0.407. The van der Waals surface area contributed by atoms with Gasteiger partial charge in [0.25, 0.3) is 11.5 Å². The number of anilines is 1. The molecule has 3 fully saturated rings. The summed E-state index contributed by atoms with van der Waals surface area (Å²) in [6.07, 6.45) is 9.49. The fraction of sp³-hybridized carbons (Fsp3) is 0.750. The van der Waals surface area contributed by atoms with Gasteiger partial charge in [0.2, 0.25) is 5.13 Å². The van der Waals surface area contributed by atoms with Crippen molar-refractivity contribution in [2.45, 2.75) is 90.8 Å². The van der Waals surface area contributed by atoms with Gasteiger partial charge in [-0.25, -0.2) is 14.6 Å². The molecule has 7 nitrogen and oxygen atoms in total. The summed E-state index contributed by atoms with van der Waals surface area (Å²) in [5.41, 5.74) is 2.41. The number of ether oxygens (including phenoxy) is 2. The molecule has 0 bridgehead atoms. The van der Waals surface area contributed by atoms with E-state index in [1.165, 1.54) is 29.1 Å². The third kappa shape index (κ3) is 4.56. The van der Waals surface area contributed by atoms with E-state index in [9.17, 15) is 9.59 Å². The number of carbonyl (C=O) groups is 2. The van der Waals surface area contributed by atoms with Crippen molar-refractivity contribution in [3.05, 3.63) is 11.1 Å². The molecule has 3 aliphatic rings. The van der Waals surface area contributed by atoms with Crippen LogP contribution in [0, 0.1) is 23.7 Å². The predicted molar refractivity (Wildman–Crippen MR) is 124 cm³/mol. The third-order valence-corrected chi connectivity index (χ3v) is 8.75. The lowest BCUT2D eigenvalue weighted by Crippen LogP contribution is -2.52. The lowest BCUT2D eigenvalue weighted by atomic mass is 9.75. The number of esters is 2. The molecule has 1 aliphatic heterocycles. The number of rotatable bonds is 8. The average molecular weight is 462 g/mol. The first-order valence-electron chi connectivity index (χ1n) is 12.2. The molecule has 3 atom stereocenters. The Kier molecular flexibility index (Phi) is 6.89. The second kappa shape index (κ2) is 9.49. The number of nitrogens with one attached hydrogen (secondary N) is 1. The van der Waals surface area contributed by atoms with E-state index in [-0.39, 0.29) is 5.71 Å². The number of nitrogens with zero attached hydrogens (tertiary/aromatic N) is 2. The van der Waals surface area contributed by atoms with Crippen LogP contribution in [-0.2, 0) is 19.1 Å². The summed E-state index contributed by atoms with van der Waals surface area (Å²) in [5, 5.41) is 4.56. The lowest BCUT2D eigenvalue weighted by molar-refractivity contribution is -0.241. The zero-order valence-electron chi connectivity index (χ0n) is 19.6. The van der Waals surface area contributed by atoms with Gasteiger partial charge in [-0.05, 0) is 42.9 Å². The van der Waals surface area contributed by atoms with Crippen molar-refractivity contribution < 1.29 is 19.1 Å². The molecule has 4 rings (SSSR count). The summed E-state index contributed by atoms with van der Waals surface area (Å²) in [6.45, 7) is 8.92. The van der Waals surface area contributed by atoms with Crippen LogP contribution in [0.25, 0.3) is 0 Å². The van der Waals surface area contributed by atoms with Crippen LogP contribution in [0.3, 0.4) is 0 Å². The van der Waals surface area contributed by atoms with Crippen LogP contribution in [-0.4, -0.2) is 28.4 Å². The molecule has 8 heteroatoms. The van der Waals surface area contributed by atoms with E-state index in [1.54, 1.807) is 0 Å². The number of hydrogen-bond acceptors (Lipinski definition) is 8. The maximum atomic E-state index is 12.6. The van der Waals surface area contributed by atoms with Gasteiger partial charge in [0.05, 0.1) is 0 Å². The first-order valence-corrected chi connectivity index (χ1v) is 13.0. The van der Waals surface area contributed by atoms with Crippen molar-refractivity contribution in [2.75, 3.05) is 5.43 Å². The van der Waals surface area contributed by atoms with E-state index < -0.39 is 17.7 Å². The Bertz CT molecular complexity index is 848. The first kappa shape index (κ1) is 23.2. The van der Waals surface area contributed by atoms with Gasteiger partial charge < -0.3 is 9.47 Å². The smallest absolute Gasteiger partial charge is 0.369 e. The minimum absolute atomic E-state index is 0.349. The largest absolute Gasteiger partial charge is 0.417 e. The third-order valence-electron chi connectivity index (χ3n) is 7.75. The molecule has 2 heterocycles. The van der Waals surface area contributed by atoms with E-state index in [0.29, 0.717) is 41.6 Å². The van der Waals surface area contributed by atoms with Crippen LogP contribution in [0.1, 0.15) is 89.9 Å². The molecule has 0 radical (unpaired) electrons. The standard InChI is InChI=1S/C24H35N3O4S/c1-5-8-17-14(4)19(17)18-13-25-23(32-18)27-26-20-21(28)30-24(31-22(20)29)11-9-16(10-12-24)15(6-2)7-3/h13-17,19H,5-12H2,1-4H3,(H,25,27). The van der Waals surface area contributed by atoms with Gasteiger partial charge in [-0.3, -0.25) is 5.43 Å². The van der Waals surface area contributed by atoms with Crippen LogP contribution in [0.15, 0.2) is 11.3 Å². The number of hydrogen-bond donors (Lipinski definition) is 1. The zero-order chi connectivity index (χ0) is 22.9. The second-order valence-electron chi connectivity index (χ2n) is 9.58. The molecule has 1 aromatic heterocycles. The van der Waals surface area contributed by atoms with Gasteiger partial charge in [-0.15, -0.1) is 11.3 Å². The van der Waals surface area contributed by atoms with E-state index >= 15 is 0 Å². The molecular weight excluding hydrogens is 426 g/mol. The molecule has 1 N–H and O–H groups in total. The molecule has 0 amide bonds. The highest BCUT2D eigenvalue weighted by atomic mass is 32.1. The van der Waals surface area contributed by atoms with Crippen molar-refractivity contribution in [3.8, 4) is 0 Å². The normalized spacial score (nSPS) is 32.1. The fourth-order valence-corrected chi connectivity index (χ4v) is 6.78. The molecule has 1 saturated heterocycles. The summed E-state index contributed by atoms with van der Waals surface area (Å²) >= 11 is 1.52. The Morgan fingerprint density at radius 2 is 1.84 bits per heavy atom. The molecule has 1 spiro atoms. The Labute approximate surface area is 194 Å². The second-order valence-corrected chi connectivity index (χ2v) is 10.6. The van der Waals surface area contributed by atoms with Gasteiger partial charge in [0, 0.05) is 29.8 Å². The highest BCUT2D eigenvalue weighted by Crippen LogP contribution is 2.57. The Balaban J connectivity index is 1.35. The summed E-state index contributed by atoms with van der Waals surface area (Å²) in [6, 6.07) is 0. The monoisotopic (exact) mass is 461 g/mol. The summed E-state index contributed by atoms with van der Waals surface area (Å²) in [7, 11) is 0. The molecule has 3 unspecified atom stereocenters. The van der Waals surface area contributed by atoms with E-state index in [0.717, 1.165) is 31.6 Å². The van der Waals surface area contributed by atoms with Crippen molar-refractivity contribution in [1.29, 1.82) is 0 Å². The van der Waals surface area contributed by atoms with Gasteiger partial charge in [0.15, 0.2) is 0 Å². The van der Waals surface area contributed by atoms with E-state index in [4.69, 9.17) is 9.47 Å². The molecular formula is C24H35N3O4S. The van der Waals surface area contributed by atoms with Crippen LogP contribution in [0.2, 0.25) is 0 Å². The van der Waals surface area contributed by atoms with E-state index in [2.05, 4.69) is 43.2 Å². The molecule has 0 aromatic carbocycles. The topological polar surface area (TPSA) is 89.9 Å². The van der Waals surface area contributed by atoms with Gasteiger partial charge in [0.1, 0.15) is 0 Å². The molecule has 32 heavy (non-hydrogen) atoms. The summed E-state index contributed by atoms with van der Waals surface area (Å²) < 4.78 is 11.2. The van der Waals surface area contributed by atoms with Crippen LogP contribution < -0.4 is 5.43 Å². The van der Waals surface area contributed by atoms with Crippen LogP contribution in [0.4, 0.5) is 5.13 Å². The average Bonchev–Trinajstić information content (AvgIpc) is 3.17. The van der Waals surface area contributed by atoms with Crippen molar-refractivity contribution in [1.82, 2.24) is 4.98 Å².